The minimum absolute atomic E-state index is 0.0342. The third kappa shape index (κ3) is 5.59. The number of ether oxygens (including phenoxy) is 1. The van der Waals surface area contributed by atoms with Gasteiger partial charge in [0.05, 0.1) is 13.2 Å². The highest BCUT2D eigenvalue weighted by molar-refractivity contribution is 5.36. The Morgan fingerprint density at radius 3 is 2.74 bits per heavy atom. The summed E-state index contributed by atoms with van der Waals surface area (Å²) >= 11 is 0. The van der Waals surface area contributed by atoms with Gasteiger partial charge in [-0.25, -0.2) is 0 Å². The molecule has 1 unspecified atom stereocenters. The fourth-order valence-electron chi connectivity index (χ4n) is 2.05. The Kier molecular flexibility index (Phi) is 6.84. The highest BCUT2D eigenvalue weighted by Gasteiger charge is 2.06. The first-order valence-corrected chi connectivity index (χ1v) is 6.84. The molecule has 0 radical (unpaired) electrons. The van der Waals surface area contributed by atoms with Gasteiger partial charge in [0.2, 0.25) is 0 Å². The molecule has 0 aliphatic rings. The minimum atomic E-state index is -0.160. The average Bonchev–Trinajstić information content (AvgIpc) is 2.39. The van der Waals surface area contributed by atoms with Crippen molar-refractivity contribution in [1.82, 2.24) is 4.90 Å². The minimum Gasteiger partial charge on any atom is -0.494 e. The second-order valence-electron chi connectivity index (χ2n) is 4.99. The lowest BCUT2D eigenvalue weighted by molar-refractivity contribution is 0.222. The second kappa shape index (κ2) is 8.15. The van der Waals surface area contributed by atoms with Gasteiger partial charge in [-0.3, -0.25) is 0 Å². The van der Waals surface area contributed by atoms with Crippen molar-refractivity contribution in [1.29, 1.82) is 0 Å². The zero-order chi connectivity index (χ0) is 14.3. The van der Waals surface area contributed by atoms with E-state index in [0.717, 1.165) is 18.7 Å². The van der Waals surface area contributed by atoms with Gasteiger partial charge in [-0.2, -0.15) is 0 Å². The number of aliphatic hydroxyl groups is 1. The van der Waals surface area contributed by atoms with E-state index in [9.17, 15) is 0 Å². The van der Waals surface area contributed by atoms with Gasteiger partial charge in [-0.1, -0.05) is 12.1 Å². The molecule has 0 amide bonds. The van der Waals surface area contributed by atoms with Gasteiger partial charge in [0.1, 0.15) is 5.75 Å². The highest BCUT2D eigenvalue weighted by Crippen LogP contribution is 2.19. The molecule has 4 nitrogen and oxygen atoms in total. The Morgan fingerprint density at radius 2 is 2.16 bits per heavy atom. The summed E-state index contributed by atoms with van der Waals surface area (Å²) < 4.78 is 5.53. The van der Waals surface area contributed by atoms with E-state index in [2.05, 4.69) is 24.0 Å². The van der Waals surface area contributed by atoms with Crippen molar-refractivity contribution in [3.05, 3.63) is 29.3 Å². The van der Waals surface area contributed by atoms with Gasteiger partial charge in [0.25, 0.3) is 0 Å². The van der Waals surface area contributed by atoms with Crippen LogP contribution in [0.2, 0.25) is 0 Å². The van der Waals surface area contributed by atoms with Crippen LogP contribution in [0.4, 0.5) is 0 Å². The number of benzene rings is 1. The van der Waals surface area contributed by atoms with Crippen molar-refractivity contribution in [3.8, 4) is 5.75 Å². The van der Waals surface area contributed by atoms with Crippen LogP contribution in [0.1, 0.15) is 18.1 Å². The fraction of sp³-hybridized carbons (Fsp3) is 0.600. The van der Waals surface area contributed by atoms with Crippen LogP contribution in [0.3, 0.4) is 0 Å². The first-order valence-electron chi connectivity index (χ1n) is 6.84. The number of nitrogens with zero attached hydrogens (tertiary/aromatic N) is 1. The largest absolute Gasteiger partial charge is 0.494 e. The van der Waals surface area contributed by atoms with Gasteiger partial charge in [0, 0.05) is 19.1 Å². The predicted octanol–water partition coefficient (Wildman–Crippen LogP) is 1.19. The Hall–Kier alpha value is -1.10. The lowest BCUT2D eigenvalue weighted by Gasteiger charge is -2.20. The lowest BCUT2D eigenvalue weighted by Crippen LogP contribution is -2.38. The Labute approximate surface area is 116 Å². The van der Waals surface area contributed by atoms with Gasteiger partial charge in [0.15, 0.2) is 0 Å². The number of likely N-dealkylation sites (N-methyl/N-ethyl adjacent to an activating group) is 1. The van der Waals surface area contributed by atoms with E-state index >= 15 is 0 Å². The molecule has 0 aliphatic heterocycles. The average molecular weight is 266 g/mol. The summed E-state index contributed by atoms with van der Waals surface area (Å²) in [6.07, 6.45) is 0.974. The fourth-order valence-corrected chi connectivity index (χ4v) is 2.05. The number of aryl methyl sites for hydroxylation is 1. The molecule has 0 bridgehead atoms. The van der Waals surface area contributed by atoms with Crippen LogP contribution in [0, 0.1) is 6.92 Å². The SMILES string of the molecule is CCOc1ccc(CCN(C)CC(N)CO)cc1C. The van der Waals surface area contributed by atoms with E-state index in [4.69, 9.17) is 15.6 Å². The van der Waals surface area contributed by atoms with E-state index in [0.29, 0.717) is 13.2 Å². The molecule has 108 valence electrons. The van der Waals surface area contributed by atoms with Crippen molar-refractivity contribution in [2.75, 3.05) is 33.4 Å². The van der Waals surface area contributed by atoms with Gasteiger partial charge >= 0.3 is 0 Å². The quantitative estimate of drug-likeness (QED) is 0.742. The third-order valence-electron chi connectivity index (χ3n) is 3.10. The maximum Gasteiger partial charge on any atom is 0.122 e. The summed E-state index contributed by atoms with van der Waals surface area (Å²) in [6.45, 7) is 6.44. The number of rotatable bonds is 8. The van der Waals surface area contributed by atoms with Crippen LogP contribution < -0.4 is 10.5 Å². The van der Waals surface area contributed by atoms with E-state index in [1.165, 1.54) is 11.1 Å². The summed E-state index contributed by atoms with van der Waals surface area (Å²) in [7, 11) is 2.02. The van der Waals surface area contributed by atoms with E-state index < -0.39 is 0 Å². The van der Waals surface area contributed by atoms with E-state index in [-0.39, 0.29) is 12.6 Å². The van der Waals surface area contributed by atoms with Crippen LogP contribution in [-0.2, 0) is 6.42 Å². The number of aliphatic hydroxyl groups excluding tert-OH is 1. The van der Waals surface area contributed by atoms with Crippen molar-refractivity contribution in [2.45, 2.75) is 26.3 Å². The zero-order valence-electron chi connectivity index (χ0n) is 12.2. The summed E-state index contributed by atoms with van der Waals surface area (Å²) in [5.74, 6) is 0.960. The molecular formula is C15H26N2O2. The molecule has 1 atom stereocenters. The smallest absolute Gasteiger partial charge is 0.122 e. The monoisotopic (exact) mass is 266 g/mol. The molecule has 19 heavy (non-hydrogen) atoms. The molecule has 0 heterocycles. The summed E-state index contributed by atoms with van der Waals surface area (Å²) in [5.41, 5.74) is 8.18. The molecule has 4 heteroatoms. The second-order valence-corrected chi connectivity index (χ2v) is 4.99. The molecule has 0 saturated heterocycles. The molecule has 0 saturated carbocycles. The highest BCUT2D eigenvalue weighted by atomic mass is 16.5. The molecule has 0 fully saturated rings. The summed E-state index contributed by atoms with van der Waals surface area (Å²) in [6, 6.07) is 6.16. The standard InChI is InChI=1S/C15H26N2O2/c1-4-19-15-6-5-13(9-12(15)2)7-8-17(3)10-14(16)11-18/h5-6,9,14,18H,4,7-8,10-11,16H2,1-3H3. The Balaban J connectivity index is 2.47. The lowest BCUT2D eigenvalue weighted by atomic mass is 10.1. The molecule has 0 spiro atoms. The Bertz CT molecular complexity index is 382. The molecular weight excluding hydrogens is 240 g/mol. The van der Waals surface area contributed by atoms with Gasteiger partial charge < -0.3 is 20.5 Å². The Morgan fingerprint density at radius 1 is 1.42 bits per heavy atom. The molecule has 1 aromatic rings. The van der Waals surface area contributed by atoms with Crippen LogP contribution in [0.15, 0.2) is 18.2 Å². The zero-order valence-corrected chi connectivity index (χ0v) is 12.2. The van der Waals surface area contributed by atoms with Gasteiger partial charge in [-0.15, -0.1) is 0 Å². The van der Waals surface area contributed by atoms with Crippen LogP contribution in [0.25, 0.3) is 0 Å². The normalized spacial score (nSPS) is 12.7. The van der Waals surface area contributed by atoms with Crippen LogP contribution >= 0.6 is 0 Å². The number of nitrogens with two attached hydrogens (primary N) is 1. The maximum absolute atomic E-state index is 8.92. The molecule has 0 aliphatic carbocycles. The van der Waals surface area contributed by atoms with Crippen molar-refractivity contribution in [2.24, 2.45) is 5.73 Å². The van der Waals surface area contributed by atoms with Crippen molar-refractivity contribution >= 4 is 0 Å². The summed E-state index contributed by atoms with van der Waals surface area (Å²) in [5, 5.41) is 8.92. The van der Waals surface area contributed by atoms with E-state index in [1.807, 2.05) is 20.0 Å². The molecule has 3 N–H and O–H groups in total. The first-order chi connectivity index (χ1) is 9.06. The van der Waals surface area contributed by atoms with Crippen LogP contribution in [-0.4, -0.2) is 49.4 Å². The molecule has 0 aromatic heterocycles. The summed E-state index contributed by atoms with van der Waals surface area (Å²) in [4.78, 5) is 2.15. The van der Waals surface area contributed by atoms with Crippen molar-refractivity contribution in [3.63, 3.8) is 0 Å². The molecule has 1 aromatic carbocycles. The molecule has 1 rings (SSSR count). The third-order valence-corrected chi connectivity index (χ3v) is 3.10. The predicted molar refractivity (Wildman–Crippen MR) is 78.6 cm³/mol. The first kappa shape index (κ1) is 16.0. The van der Waals surface area contributed by atoms with E-state index in [1.54, 1.807) is 0 Å². The number of hydrogen-bond donors (Lipinski definition) is 2. The van der Waals surface area contributed by atoms with Crippen molar-refractivity contribution < 1.29 is 9.84 Å². The van der Waals surface area contributed by atoms with Crippen LogP contribution in [0.5, 0.6) is 5.75 Å². The maximum atomic E-state index is 8.92. The number of hydrogen-bond acceptors (Lipinski definition) is 4. The van der Waals surface area contributed by atoms with Gasteiger partial charge in [-0.05, 0) is 44.5 Å². The topological polar surface area (TPSA) is 58.7 Å².